The van der Waals surface area contributed by atoms with Gasteiger partial charge in [-0.1, -0.05) is 13.8 Å². The molecular formula is C16H29IN6. The first kappa shape index (κ1) is 18.5. The Balaban J connectivity index is 0.00000192. The van der Waals surface area contributed by atoms with Crippen molar-refractivity contribution < 1.29 is 0 Å². The molecule has 0 radical (unpaired) electrons. The lowest BCUT2D eigenvalue weighted by atomic mass is 9.65. The summed E-state index contributed by atoms with van der Waals surface area (Å²) in [5.41, 5.74) is 0.414. The van der Waals surface area contributed by atoms with Crippen LogP contribution in [0.3, 0.4) is 0 Å². The molecule has 0 aliphatic carbocycles. The van der Waals surface area contributed by atoms with Gasteiger partial charge in [0.05, 0.1) is 6.54 Å². The van der Waals surface area contributed by atoms with Crippen LogP contribution in [-0.2, 0) is 19.5 Å². The van der Waals surface area contributed by atoms with Crippen molar-refractivity contribution in [3.63, 3.8) is 0 Å². The maximum absolute atomic E-state index is 4.46. The minimum Gasteiger partial charge on any atom is -0.349 e. The predicted octanol–water partition coefficient (Wildman–Crippen LogP) is 2.43. The van der Waals surface area contributed by atoms with Gasteiger partial charge in [-0.15, -0.1) is 34.2 Å². The van der Waals surface area contributed by atoms with Gasteiger partial charge in [-0.3, -0.25) is 4.99 Å². The van der Waals surface area contributed by atoms with E-state index in [0.29, 0.717) is 12.0 Å². The van der Waals surface area contributed by atoms with Crippen LogP contribution in [0, 0.1) is 5.41 Å². The largest absolute Gasteiger partial charge is 0.349 e. The van der Waals surface area contributed by atoms with Crippen LogP contribution >= 0.6 is 24.0 Å². The average molecular weight is 432 g/mol. The molecule has 1 N–H and O–H groups in total. The molecule has 0 aromatic carbocycles. The van der Waals surface area contributed by atoms with Gasteiger partial charge in [-0.05, 0) is 26.7 Å². The Kier molecular flexibility index (Phi) is 5.27. The van der Waals surface area contributed by atoms with Crippen molar-refractivity contribution in [1.29, 1.82) is 0 Å². The molecule has 130 valence electrons. The van der Waals surface area contributed by atoms with Crippen molar-refractivity contribution in [2.75, 3.05) is 13.6 Å². The summed E-state index contributed by atoms with van der Waals surface area (Å²) in [7, 11) is 1.85. The summed E-state index contributed by atoms with van der Waals surface area (Å²) in [6.07, 6.45) is 3.50. The number of guanidine groups is 1. The molecule has 2 aliphatic heterocycles. The number of hydrogen-bond donors (Lipinski definition) is 1. The highest BCUT2D eigenvalue weighted by Gasteiger charge is 2.53. The van der Waals surface area contributed by atoms with E-state index in [2.05, 4.69) is 57.7 Å². The van der Waals surface area contributed by atoms with Crippen LogP contribution in [-0.4, -0.2) is 44.8 Å². The van der Waals surface area contributed by atoms with Crippen LogP contribution in [0.15, 0.2) is 4.99 Å². The molecule has 1 fully saturated rings. The number of nitrogens with one attached hydrogen (secondary N) is 1. The molecule has 0 spiro atoms. The van der Waals surface area contributed by atoms with E-state index in [1.165, 1.54) is 12.8 Å². The lowest BCUT2D eigenvalue weighted by Gasteiger charge is -2.62. The molecule has 23 heavy (non-hydrogen) atoms. The van der Waals surface area contributed by atoms with Crippen molar-refractivity contribution >= 4 is 29.9 Å². The number of likely N-dealkylation sites (tertiary alicyclic amines) is 1. The second kappa shape index (κ2) is 6.57. The summed E-state index contributed by atoms with van der Waals surface area (Å²) >= 11 is 0. The van der Waals surface area contributed by atoms with Gasteiger partial charge < -0.3 is 14.8 Å². The Bertz CT molecular complexity index is 589. The van der Waals surface area contributed by atoms with E-state index >= 15 is 0 Å². The lowest BCUT2D eigenvalue weighted by Crippen LogP contribution is -2.72. The van der Waals surface area contributed by atoms with Gasteiger partial charge >= 0.3 is 0 Å². The standard InChI is InChI=1S/C16H28N6.HI/c1-15(2)11-22(16(15,3)4)14(17-5)18-10-13-20-19-12-8-6-7-9-21(12)13;/h6-11H2,1-5H3,(H,17,18);1H. The molecule has 7 heteroatoms. The molecule has 0 unspecified atom stereocenters. The molecular weight excluding hydrogens is 403 g/mol. The first-order valence-electron chi connectivity index (χ1n) is 8.26. The highest BCUT2D eigenvalue weighted by molar-refractivity contribution is 14.0. The van der Waals surface area contributed by atoms with Crippen molar-refractivity contribution in [2.24, 2.45) is 10.4 Å². The number of halogens is 1. The minimum atomic E-state index is 0. The van der Waals surface area contributed by atoms with Gasteiger partial charge in [0.2, 0.25) is 0 Å². The molecule has 1 aromatic rings. The van der Waals surface area contributed by atoms with Crippen molar-refractivity contribution in [3.8, 4) is 0 Å². The number of fused-ring (bicyclic) bond motifs is 1. The molecule has 3 rings (SSSR count). The van der Waals surface area contributed by atoms with Gasteiger partial charge in [0, 0.05) is 37.5 Å². The van der Waals surface area contributed by atoms with Crippen LogP contribution in [0.2, 0.25) is 0 Å². The molecule has 6 nitrogen and oxygen atoms in total. The zero-order chi connectivity index (χ0) is 16.0. The monoisotopic (exact) mass is 432 g/mol. The highest BCUT2D eigenvalue weighted by Crippen LogP contribution is 2.46. The van der Waals surface area contributed by atoms with Crippen LogP contribution in [0.5, 0.6) is 0 Å². The molecule has 1 aromatic heterocycles. The van der Waals surface area contributed by atoms with E-state index in [0.717, 1.165) is 37.1 Å². The molecule has 0 atom stereocenters. The Labute approximate surface area is 156 Å². The molecule has 0 amide bonds. The Morgan fingerprint density at radius 3 is 2.57 bits per heavy atom. The Hall–Kier alpha value is -0.860. The van der Waals surface area contributed by atoms with Crippen molar-refractivity contribution in [1.82, 2.24) is 25.0 Å². The van der Waals surface area contributed by atoms with Crippen molar-refractivity contribution in [3.05, 3.63) is 11.6 Å². The fourth-order valence-electron chi connectivity index (χ4n) is 3.35. The predicted molar refractivity (Wildman–Crippen MR) is 103 cm³/mol. The van der Waals surface area contributed by atoms with E-state index in [1.807, 2.05) is 7.05 Å². The number of aliphatic imine (C=N–C) groups is 1. The number of aryl methyl sites for hydroxylation is 1. The van der Waals surface area contributed by atoms with Crippen LogP contribution in [0.25, 0.3) is 0 Å². The van der Waals surface area contributed by atoms with E-state index in [4.69, 9.17) is 0 Å². The number of hydrogen-bond acceptors (Lipinski definition) is 3. The molecule has 0 bridgehead atoms. The van der Waals surface area contributed by atoms with Gasteiger partial charge in [0.25, 0.3) is 0 Å². The highest BCUT2D eigenvalue weighted by atomic mass is 127. The molecule has 3 heterocycles. The first-order chi connectivity index (χ1) is 10.4. The number of aromatic nitrogens is 3. The maximum Gasteiger partial charge on any atom is 0.194 e. The van der Waals surface area contributed by atoms with Crippen molar-refractivity contribution in [2.45, 2.75) is 65.6 Å². The van der Waals surface area contributed by atoms with Gasteiger partial charge in [-0.2, -0.15) is 0 Å². The summed E-state index contributed by atoms with van der Waals surface area (Å²) in [6.45, 7) is 11.9. The minimum absolute atomic E-state index is 0. The molecule has 0 saturated carbocycles. The SMILES string of the molecule is CN=C(NCc1nnc2n1CCCC2)N1CC(C)(C)C1(C)C.I. The zero-order valence-corrected chi connectivity index (χ0v) is 17.2. The fourth-order valence-corrected chi connectivity index (χ4v) is 3.35. The Morgan fingerprint density at radius 2 is 1.96 bits per heavy atom. The van der Waals surface area contributed by atoms with Crippen LogP contribution < -0.4 is 5.32 Å². The fraction of sp³-hybridized carbons (Fsp3) is 0.812. The van der Waals surface area contributed by atoms with E-state index in [9.17, 15) is 0 Å². The summed E-state index contributed by atoms with van der Waals surface area (Å²) in [6, 6.07) is 0. The second-order valence-electron chi connectivity index (χ2n) is 7.57. The van der Waals surface area contributed by atoms with Gasteiger partial charge in [0.1, 0.15) is 5.82 Å². The third kappa shape index (κ3) is 3.08. The van der Waals surface area contributed by atoms with E-state index in [-0.39, 0.29) is 29.5 Å². The second-order valence-corrected chi connectivity index (χ2v) is 7.57. The number of rotatable bonds is 2. The topological polar surface area (TPSA) is 58.3 Å². The van der Waals surface area contributed by atoms with Gasteiger partial charge in [0.15, 0.2) is 11.8 Å². The van der Waals surface area contributed by atoms with E-state index < -0.39 is 0 Å². The third-order valence-electron chi connectivity index (χ3n) is 5.69. The Morgan fingerprint density at radius 1 is 1.22 bits per heavy atom. The zero-order valence-electron chi connectivity index (χ0n) is 14.9. The maximum atomic E-state index is 4.46. The average Bonchev–Trinajstić information content (AvgIpc) is 2.90. The third-order valence-corrected chi connectivity index (χ3v) is 5.69. The molecule has 2 aliphatic rings. The smallest absolute Gasteiger partial charge is 0.194 e. The van der Waals surface area contributed by atoms with Crippen LogP contribution in [0.1, 0.15) is 52.2 Å². The normalized spacial score (nSPS) is 22.0. The summed E-state index contributed by atoms with van der Waals surface area (Å²) < 4.78 is 2.26. The lowest BCUT2D eigenvalue weighted by molar-refractivity contribution is -0.0668. The summed E-state index contributed by atoms with van der Waals surface area (Å²) in [5, 5.41) is 12.1. The summed E-state index contributed by atoms with van der Waals surface area (Å²) in [5.74, 6) is 3.11. The van der Waals surface area contributed by atoms with E-state index in [1.54, 1.807) is 0 Å². The van der Waals surface area contributed by atoms with Crippen LogP contribution in [0.4, 0.5) is 0 Å². The molecule has 1 saturated heterocycles. The first-order valence-corrected chi connectivity index (χ1v) is 8.26. The quantitative estimate of drug-likeness (QED) is 0.443. The van der Waals surface area contributed by atoms with Gasteiger partial charge in [-0.25, -0.2) is 0 Å². The number of nitrogens with zero attached hydrogens (tertiary/aromatic N) is 5. The summed E-state index contributed by atoms with van der Waals surface area (Å²) in [4.78, 5) is 6.80.